The molecule has 35 heavy (non-hydrogen) atoms. The summed E-state index contributed by atoms with van der Waals surface area (Å²) in [7, 11) is 5.78. The number of aromatic amines is 1. The van der Waals surface area contributed by atoms with Crippen molar-refractivity contribution in [2.45, 2.75) is 58.4 Å². The molecule has 1 aliphatic rings. The van der Waals surface area contributed by atoms with Gasteiger partial charge < -0.3 is 14.8 Å². The van der Waals surface area contributed by atoms with Gasteiger partial charge in [0.25, 0.3) is 0 Å². The third kappa shape index (κ3) is 3.99. The Balaban J connectivity index is 1.48. The summed E-state index contributed by atoms with van der Waals surface area (Å²) in [6.07, 6.45) is 5.60. The average molecular weight is 474 g/mol. The molecule has 1 saturated carbocycles. The Morgan fingerprint density at radius 3 is 2.60 bits per heavy atom. The molecule has 1 aliphatic carbocycles. The maximum absolute atomic E-state index is 12.4. The van der Waals surface area contributed by atoms with E-state index in [-0.39, 0.29) is 11.9 Å². The van der Waals surface area contributed by atoms with Crippen LogP contribution in [0, 0.1) is 13.8 Å². The first kappa shape index (κ1) is 23.5. The fraction of sp³-hybridized carbons (Fsp3) is 0.481. The molecule has 0 atom stereocenters. The quantitative estimate of drug-likeness (QED) is 0.452. The van der Waals surface area contributed by atoms with E-state index < -0.39 is 0 Å². The molecule has 4 aromatic rings. The zero-order valence-electron chi connectivity index (χ0n) is 21.8. The summed E-state index contributed by atoms with van der Waals surface area (Å²) in [5.74, 6) is 0.860. The number of likely N-dealkylation sites (N-methyl/N-ethyl adjacent to an activating group) is 2. The van der Waals surface area contributed by atoms with Gasteiger partial charge in [-0.2, -0.15) is 5.10 Å². The first-order valence-electron chi connectivity index (χ1n) is 12.4. The van der Waals surface area contributed by atoms with E-state index in [9.17, 15) is 4.79 Å². The zero-order chi connectivity index (χ0) is 25.0. The summed E-state index contributed by atoms with van der Waals surface area (Å²) in [5, 5.41) is 4.39. The Morgan fingerprint density at radius 1 is 1.17 bits per heavy atom. The van der Waals surface area contributed by atoms with Crippen LogP contribution in [0.1, 0.15) is 60.9 Å². The minimum absolute atomic E-state index is 0.175. The van der Waals surface area contributed by atoms with Crippen LogP contribution in [0.2, 0.25) is 0 Å². The van der Waals surface area contributed by atoms with Crippen LogP contribution in [0.4, 0.5) is 0 Å². The number of aryl methyl sites for hydroxylation is 1. The molecule has 1 fully saturated rings. The van der Waals surface area contributed by atoms with E-state index in [1.807, 2.05) is 35.5 Å². The molecule has 184 valence electrons. The van der Waals surface area contributed by atoms with Crippen LogP contribution in [0.5, 0.6) is 0 Å². The van der Waals surface area contributed by atoms with Crippen LogP contribution in [-0.2, 0) is 4.79 Å². The Bertz CT molecular complexity index is 1410. The normalized spacial score (nSPS) is 18.1. The summed E-state index contributed by atoms with van der Waals surface area (Å²) < 4.78 is 1.86. The van der Waals surface area contributed by atoms with Gasteiger partial charge in [0.05, 0.1) is 23.3 Å². The first-order valence-corrected chi connectivity index (χ1v) is 12.4. The van der Waals surface area contributed by atoms with Crippen LogP contribution in [0.15, 0.2) is 24.7 Å². The molecule has 0 aromatic carbocycles. The molecule has 1 amide bonds. The second kappa shape index (κ2) is 8.75. The summed E-state index contributed by atoms with van der Waals surface area (Å²) in [6.45, 7) is 9.15. The fourth-order valence-electron chi connectivity index (χ4n) is 5.29. The van der Waals surface area contributed by atoms with Crippen molar-refractivity contribution < 1.29 is 4.79 Å². The summed E-state index contributed by atoms with van der Waals surface area (Å²) in [6, 6.07) is 4.60. The van der Waals surface area contributed by atoms with Crippen molar-refractivity contribution in [1.82, 2.24) is 34.4 Å². The van der Waals surface area contributed by atoms with Gasteiger partial charge in [-0.1, -0.05) is 13.8 Å². The van der Waals surface area contributed by atoms with E-state index in [2.05, 4.69) is 61.1 Å². The summed E-state index contributed by atoms with van der Waals surface area (Å²) in [4.78, 5) is 29.5. The van der Waals surface area contributed by atoms with Gasteiger partial charge in [-0.05, 0) is 70.0 Å². The number of nitrogens with one attached hydrogen (secondary N) is 1. The van der Waals surface area contributed by atoms with Gasteiger partial charge in [-0.15, -0.1) is 0 Å². The first-order chi connectivity index (χ1) is 16.7. The highest BCUT2D eigenvalue weighted by Crippen LogP contribution is 2.41. The van der Waals surface area contributed by atoms with Crippen molar-refractivity contribution in [1.29, 1.82) is 0 Å². The van der Waals surface area contributed by atoms with Crippen molar-refractivity contribution in [2.75, 3.05) is 27.7 Å². The lowest BCUT2D eigenvalue weighted by Gasteiger charge is -2.41. The summed E-state index contributed by atoms with van der Waals surface area (Å²) in [5.41, 5.74) is 9.92. The monoisotopic (exact) mass is 473 g/mol. The maximum atomic E-state index is 12.4. The largest absolute Gasteiger partial charge is 0.353 e. The topological polar surface area (TPSA) is 82.4 Å². The Morgan fingerprint density at radius 2 is 1.91 bits per heavy atom. The lowest BCUT2D eigenvalue weighted by Crippen LogP contribution is -2.47. The molecule has 0 unspecified atom stereocenters. The average Bonchev–Trinajstić information content (AvgIpc) is 3.38. The van der Waals surface area contributed by atoms with Crippen molar-refractivity contribution in [3.63, 3.8) is 0 Å². The van der Waals surface area contributed by atoms with Gasteiger partial charge >= 0.3 is 0 Å². The van der Waals surface area contributed by atoms with Crippen LogP contribution >= 0.6 is 0 Å². The summed E-state index contributed by atoms with van der Waals surface area (Å²) >= 11 is 0. The third-order valence-corrected chi connectivity index (χ3v) is 7.60. The van der Waals surface area contributed by atoms with Gasteiger partial charge in [0.15, 0.2) is 5.65 Å². The molecule has 8 heteroatoms. The van der Waals surface area contributed by atoms with E-state index in [1.165, 1.54) is 11.1 Å². The van der Waals surface area contributed by atoms with Crippen LogP contribution in [0.25, 0.3) is 27.9 Å². The molecule has 4 aromatic heterocycles. The highest BCUT2D eigenvalue weighted by molar-refractivity contribution is 5.89. The number of fused-ring (bicyclic) bond motifs is 2. The molecule has 4 heterocycles. The number of amides is 1. The predicted molar refractivity (Wildman–Crippen MR) is 139 cm³/mol. The van der Waals surface area contributed by atoms with E-state index in [0.29, 0.717) is 18.4 Å². The second-order valence-corrected chi connectivity index (χ2v) is 10.6. The van der Waals surface area contributed by atoms with Gasteiger partial charge in [0, 0.05) is 42.0 Å². The fourth-order valence-corrected chi connectivity index (χ4v) is 5.29. The number of pyridine rings is 2. The van der Waals surface area contributed by atoms with E-state index in [4.69, 9.17) is 4.98 Å². The zero-order valence-corrected chi connectivity index (χ0v) is 21.8. The third-order valence-electron chi connectivity index (χ3n) is 7.60. The van der Waals surface area contributed by atoms with Gasteiger partial charge in [-0.3, -0.25) is 9.78 Å². The van der Waals surface area contributed by atoms with Gasteiger partial charge in [0.1, 0.15) is 6.33 Å². The van der Waals surface area contributed by atoms with Gasteiger partial charge in [0.2, 0.25) is 5.91 Å². The standard InChI is InChI=1S/C27H35N7O/c1-15(2)24-25(20-12-34-27(28-14-29-34)17(4)16(20)3)31-22-9-8-21(30-26(22)24)18-10-19(11-18)33(7)23(35)13-32(5)6/h8-9,12,14-15,18-19,31H,10-11,13H2,1-7H3. The van der Waals surface area contributed by atoms with Crippen molar-refractivity contribution in [3.05, 3.63) is 47.0 Å². The molecule has 0 bridgehead atoms. The molecular formula is C27H35N7O. The van der Waals surface area contributed by atoms with Crippen LogP contribution < -0.4 is 0 Å². The van der Waals surface area contributed by atoms with Gasteiger partial charge in [-0.25, -0.2) is 9.50 Å². The molecular weight excluding hydrogens is 438 g/mol. The number of hydrogen-bond donors (Lipinski definition) is 1. The molecule has 5 rings (SSSR count). The molecule has 1 N–H and O–H groups in total. The lowest BCUT2D eigenvalue weighted by molar-refractivity contribution is -0.134. The minimum Gasteiger partial charge on any atom is -0.353 e. The van der Waals surface area contributed by atoms with E-state index in [0.717, 1.165) is 52.0 Å². The van der Waals surface area contributed by atoms with E-state index >= 15 is 0 Å². The Kier molecular flexibility index (Phi) is 5.87. The Hall–Kier alpha value is -3.26. The second-order valence-electron chi connectivity index (χ2n) is 10.6. The highest BCUT2D eigenvalue weighted by atomic mass is 16.2. The smallest absolute Gasteiger partial charge is 0.236 e. The number of carbonyl (C=O) groups is 1. The number of H-pyrrole nitrogens is 1. The van der Waals surface area contributed by atoms with E-state index in [1.54, 1.807) is 6.33 Å². The predicted octanol–water partition coefficient (Wildman–Crippen LogP) is 4.28. The lowest BCUT2D eigenvalue weighted by atomic mass is 9.77. The number of rotatable bonds is 6. The number of hydrogen-bond acceptors (Lipinski definition) is 5. The minimum atomic E-state index is 0.175. The highest BCUT2D eigenvalue weighted by Gasteiger charge is 2.36. The molecule has 0 radical (unpaired) electrons. The van der Waals surface area contributed by atoms with Crippen molar-refractivity contribution in [2.24, 2.45) is 0 Å². The number of nitrogens with zero attached hydrogens (tertiary/aromatic N) is 6. The SMILES string of the molecule is Cc1c(-c2[nH]c3ccc(C4CC(N(C)C(=O)CN(C)C)C4)nc3c2C(C)C)cn2ncnc2c1C. The molecule has 0 aliphatic heterocycles. The number of aromatic nitrogens is 5. The van der Waals surface area contributed by atoms with Crippen LogP contribution in [-0.4, -0.2) is 74.0 Å². The molecule has 0 spiro atoms. The molecule has 8 nitrogen and oxygen atoms in total. The van der Waals surface area contributed by atoms with Crippen molar-refractivity contribution >= 4 is 22.6 Å². The maximum Gasteiger partial charge on any atom is 0.236 e. The van der Waals surface area contributed by atoms with Crippen LogP contribution in [0.3, 0.4) is 0 Å². The molecule has 0 saturated heterocycles. The number of carbonyl (C=O) groups excluding carboxylic acids is 1. The Labute approximate surface area is 206 Å². The van der Waals surface area contributed by atoms with Crippen molar-refractivity contribution in [3.8, 4) is 11.3 Å².